The first-order valence-electron chi connectivity index (χ1n) is 6.93. The Morgan fingerprint density at radius 1 is 1.33 bits per heavy atom. The number of rotatable bonds is 9. The maximum absolute atomic E-state index is 4.76. The van der Waals surface area contributed by atoms with Crippen molar-refractivity contribution in [3.63, 3.8) is 0 Å². The van der Waals surface area contributed by atoms with Crippen molar-refractivity contribution in [1.29, 1.82) is 0 Å². The normalized spacial score (nSPS) is 11.4. The van der Waals surface area contributed by atoms with Crippen molar-refractivity contribution in [1.82, 2.24) is 10.3 Å². The van der Waals surface area contributed by atoms with E-state index in [4.69, 9.17) is 4.98 Å². The van der Waals surface area contributed by atoms with Crippen LogP contribution in [0.25, 0.3) is 0 Å². The van der Waals surface area contributed by atoms with Crippen molar-refractivity contribution >= 4 is 23.1 Å². The molecule has 0 bridgehead atoms. The number of nitrogens with one attached hydrogen (secondary N) is 1. The number of thioether (sulfide) groups is 1. The van der Waals surface area contributed by atoms with Gasteiger partial charge in [-0.25, -0.2) is 4.98 Å². The molecule has 0 aliphatic heterocycles. The zero-order valence-electron chi connectivity index (χ0n) is 12.1. The molecule has 1 heterocycles. The summed E-state index contributed by atoms with van der Waals surface area (Å²) in [5.41, 5.74) is 1.29. The second-order valence-electron chi connectivity index (χ2n) is 4.91. The van der Waals surface area contributed by atoms with Gasteiger partial charge in [-0.15, -0.1) is 11.3 Å². The predicted octanol–water partition coefficient (Wildman–Crippen LogP) is 4.09. The number of hydrogen-bond acceptors (Lipinski definition) is 4. The van der Waals surface area contributed by atoms with Gasteiger partial charge in [-0.05, 0) is 31.1 Å². The van der Waals surface area contributed by atoms with Crippen LogP contribution in [0.2, 0.25) is 0 Å². The lowest BCUT2D eigenvalue weighted by atomic mass is 10.2. The highest BCUT2D eigenvalue weighted by atomic mass is 32.2. The molecule has 0 spiro atoms. The molecule has 0 saturated carbocycles. The van der Waals surface area contributed by atoms with E-state index in [1.54, 1.807) is 0 Å². The third-order valence-corrected chi connectivity index (χ3v) is 5.02. The molecule has 0 unspecified atom stereocenters. The Labute approximate surface area is 120 Å². The van der Waals surface area contributed by atoms with Crippen LogP contribution in [0.3, 0.4) is 0 Å². The number of aryl methyl sites for hydroxylation is 1. The monoisotopic (exact) mass is 286 g/mol. The van der Waals surface area contributed by atoms with Gasteiger partial charge in [-0.3, -0.25) is 0 Å². The summed E-state index contributed by atoms with van der Waals surface area (Å²) in [6, 6.07) is 0. The Morgan fingerprint density at radius 3 is 2.72 bits per heavy atom. The molecule has 0 aliphatic rings. The quantitative estimate of drug-likeness (QED) is 0.692. The van der Waals surface area contributed by atoms with Crippen molar-refractivity contribution in [2.45, 2.75) is 52.8 Å². The largest absolute Gasteiger partial charge is 0.312 e. The van der Waals surface area contributed by atoms with Crippen molar-refractivity contribution in [2.75, 3.05) is 12.3 Å². The molecule has 0 atom stereocenters. The van der Waals surface area contributed by atoms with Gasteiger partial charge >= 0.3 is 0 Å². The molecular formula is C14H26N2S2. The minimum atomic E-state index is 0.711. The molecular weight excluding hydrogens is 260 g/mol. The minimum absolute atomic E-state index is 0.711. The van der Waals surface area contributed by atoms with Gasteiger partial charge < -0.3 is 5.32 Å². The third kappa shape index (κ3) is 5.72. The second kappa shape index (κ2) is 8.94. The van der Waals surface area contributed by atoms with E-state index < -0.39 is 0 Å². The topological polar surface area (TPSA) is 24.9 Å². The SMILES string of the molecule is CCCSCc1nc(CC)c(CNCC(C)C)s1. The fourth-order valence-electron chi connectivity index (χ4n) is 1.69. The molecule has 104 valence electrons. The summed E-state index contributed by atoms with van der Waals surface area (Å²) in [5.74, 6) is 3.03. The van der Waals surface area contributed by atoms with Crippen LogP contribution in [0.1, 0.15) is 49.7 Å². The lowest BCUT2D eigenvalue weighted by Crippen LogP contribution is -2.18. The van der Waals surface area contributed by atoms with Gasteiger partial charge in [-0.2, -0.15) is 11.8 Å². The van der Waals surface area contributed by atoms with Gasteiger partial charge in [-0.1, -0.05) is 27.7 Å². The molecule has 0 radical (unpaired) electrons. The highest BCUT2D eigenvalue weighted by Crippen LogP contribution is 2.23. The molecule has 1 rings (SSSR count). The van der Waals surface area contributed by atoms with Crippen molar-refractivity contribution < 1.29 is 0 Å². The minimum Gasteiger partial charge on any atom is -0.312 e. The Morgan fingerprint density at radius 2 is 2.11 bits per heavy atom. The summed E-state index contributed by atoms with van der Waals surface area (Å²) < 4.78 is 0. The maximum atomic E-state index is 4.76. The lowest BCUT2D eigenvalue weighted by molar-refractivity contribution is 0.553. The maximum Gasteiger partial charge on any atom is 0.103 e. The Balaban J connectivity index is 2.49. The number of hydrogen-bond donors (Lipinski definition) is 1. The number of aromatic nitrogens is 1. The summed E-state index contributed by atoms with van der Waals surface area (Å²) in [6.45, 7) is 11.0. The van der Waals surface area contributed by atoms with E-state index >= 15 is 0 Å². The van der Waals surface area contributed by atoms with Gasteiger partial charge in [0.2, 0.25) is 0 Å². The third-order valence-electron chi connectivity index (χ3n) is 2.57. The zero-order chi connectivity index (χ0) is 13.4. The molecule has 0 amide bonds. The van der Waals surface area contributed by atoms with E-state index in [1.165, 1.54) is 27.8 Å². The van der Waals surface area contributed by atoms with Crippen LogP contribution in [0, 0.1) is 5.92 Å². The molecule has 1 aromatic heterocycles. The number of thiazole rings is 1. The summed E-state index contributed by atoms with van der Waals surface area (Å²) in [6.07, 6.45) is 2.30. The molecule has 4 heteroatoms. The molecule has 0 saturated heterocycles. The first-order valence-corrected chi connectivity index (χ1v) is 8.90. The fourth-order valence-corrected chi connectivity index (χ4v) is 3.77. The standard InChI is InChI=1S/C14H26N2S2/c1-5-7-17-10-14-16-12(6-2)13(18-14)9-15-8-11(3)4/h11,15H,5-10H2,1-4H3. The Kier molecular flexibility index (Phi) is 7.95. The molecule has 0 aliphatic carbocycles. The smallest absolute Gasteiger partial charge is 0.103 e. The highest BCUT2D eigenvalue weighted by molar-refractivity contribution is 7.98. The Bertz CT molecular complexity index is 335. The molecule has 0 fully saturated rings. The van der Waals surface area contributed by atoms with Crippen LogP contribution >= 0.6 is 23.1 Å². The van der Waals surface area contributed by atoms with Gasteiger partial charge in [0.1, 0.15) is 5.01 Å². The van der Waals surface area contributed by atoms with Crippen molar-refractivity contribution in [2.24, 2.45) is 5.92 Å². The Hall–Kier alpha value is -0.0600. The van der Waals surface area contributed by atoms with E-state index in [9.17, 15) is 0 Å². The van der Waals surface area contributed by atoms with Crippen LogP contribution in [-0.2, 0) is 18.7 Å². The highest BCUT2D eigenvalue weighted by Gasteiger charge is 2.09. The summed E-state index contributed by atoms with van der Waals surface area (Å²) in [5, 5.41) is 4.82. The summed E-state index contributed by atoms with van der Waals surface area (Å²) in [7, 11) is 0. The summed E-state index contributed by atoms with van der Waals surface area (Å²) in [4.78, 5) is 6.19. The van der Waals surface area contributed by atoms with E-state index in [0.717, 1.165) is 25.3 Å². The first kappa shape index (κ1) is 16.0. The molecule has 2 nitrogen and oxygen atoms in total. The van der Waals surface area contributed by atoms with Gasteiger partial charge in [0, 0.05) is 17.2 Å². The van der Waals surface area contributed by atoms with E-state index in [1.807, 2.05) is 23.1 Å². The van der Waals surface area contributed by atoms with Crippen molar-refractivity contribution in [3.8, 4) is 0 Å². The average Bonchev–Trinajstić information content (AvgIpc) is 2.71. The van der Waals surface area contributed by atoms with Crippen LogP contribution < -0.4 is 5.32 Å². The molecule has 18 heavy (non-hydrogen) atoms. The van der Waals surface area contributed by atoms with Crippen LogP contribution in [0.5, 0.6) is 0 Å². The average molecular weight is 287 g/mol. The molecule has 0 aromatic carbocycles. The first-order chi connectivity index (χ1) is 8.67. The van der Waals surface area contributed by atoms with Crippen LogP contribution in [-0.4, -0.2) is 17.3 Å². The lowest BCUT2D eigenvalue weighted by Gasteiger charge is -2.06. The molecule has 1 aromatic rings. The second-order valence-corrected chi connectivity index (χ2v) is 7.18. The fraction of sp³-hybridized carbons (Fsp3) is 0.786. The van der Waals surface area contributed by atoms with E-state index in [0.29, 0.717) is 5.92 Å². The van der Waals surface area contributed by atoms with Crippen molar-refractivity contribution in [3.05, 3.63) is 15.6 Å². The van der Waals surface area contributed by atoms with Crippen LogP contribution in [0.4, 0.5) is 0 Å². The van der Waals surface area contributed by atoms with E-state index in [2.05, 4.69) is 33.0 Å². The van der Waals surface area contributed by atoms with Gasteiger partial charge in [0.15, 0.2) is 0 Å². The predicted molar refractivity (Wildman–Crippen MR) is 84.5 cm³/mol. The van der Waals surface area contributed by atoms with Gasteiger partial charge in [0.25, 0.3) is 0 Å². The van der Waals surface area contributed by atoms with Crippen LogP contribution in [0.15, 0.2) is 0 Å². The molecule has 1 N–H and O–H groups in total. The summed E-state index contributed by atoms with van der Waals surface area (Å²) >= 11 is 3.89. The van der Waals surface area contributed by atoms with E-state index in [-0.39, 0.29) is 0 Å². The van der Waals surface area contributed by atoms with Gasteiger partial charge in [0.05, 0.1) is 5.69 Å². The number of nitrogens with zero attached hydrogens (tertiary/aromatic N) is 1. The zero-order valence-corrected chi connectivity index (χ0v) is 13.7.